The van der Waals surface area contributed by atoms with E-state index in [1.807, 2.05) is 36.4 Å². The minimum atomic E-state index is 0.0729. The van der Waals surface area contributed by atoms with E-state index >= 15 is 0 Å². The number of methoxy groups -OCH3 is 4. The van der Waals surface area contributed by atoms with Crippen LogP contribution in [0.4, 0.5) is 0 Å². The molecule has 0 spiro atoms. The Morgan fingerprint density at radius 1 is 0.783 bits per heavy atom. The molecule has 5 heteroatoms. The number of hydrogen-bond acceptors (Lipinski definition) is 5. The summed E-state index contributed by atoms with van der Waals surface area (Å²) in [5.41, 5.74) is 3.12. The Kier molecular flexibility index (Phi) is 4.10. The van der Waals surface area contributed by atoms with Gasteiger partial charge < -0.3 is 18.9 Å². The molecule has 0 radical (unpaired) electrons. The van der Waals surface area contributed by atoms with E-state index in [9.17, 15) is 0 Å². The molecule has 1 atom stereocenters. The second-order valence-electron chi connectivity index (χ2n) is 5.10. The van der Waals surface area contributed by atoms with Crippen LogP contribution in [0.2, 0.25) is 0 Å². The lowest BCUT2D eigenvalue weighted by molar-refractivity contribution is 0.324. The molecule has 0 saturated carbocycles. The van der Waals surface area contributed by atoms with E-state index in [-0.39, 0.29) is 6.04 Å². The topological polar surface area (TPSA) is 49.3 Å². The standard InChI is InChI=1S/C18H19NO4/c1-20-13-7-5-11(6-8-13)16-17(19-16)12-9-14(21-2)18(23-4)15(10-12)22-3/h5-10,16H,1-4H3. The van der Waals surface area contributed by atoms with Gasteiger partial charge in [-0.1, -0.05) is 12.1 Å². The molecule has 1 heterocycles. The van der Waals surface area contributed by atoms with Gasteiger partial charge in [-0.15, -0.1) is 0 Å². The van der Waals surface area contributed by atoms with Gasteiger partial charge in [0.2, 0.25) is 5.75 Å². The van der Waals surface area contributed by atoms with E-state index in [2.05, 4.69) is 4.99 Å². The molecule has 0 N–H and O–H groups in total. The summed E-state index contributed by atoms with van der Waals surface area (Å²) in [5.74, 6) is 2.68. The van der Waals surface area contributed by atoms with Crippen molar-refractivity contribution in [2.45, 2.75) is 6.04 Å². The third-order valence-corrected chi connectivity index (χ3v) is 3.85. The van der Waals surface area contributed by atoms with E-state index in [0.29, 0.717) is 17.2 Å². The number of aliphatic imine (C=N–C) groups is 1. The van der Waals surface area contributed by atoms with E-state index in [1.165, 1.54) is 0 Å². The summed E-state index contributed by atoms with van der Waals surface area (Å²) >= 11 is 0. The predicted molar refractivity (Wildman–Crippen MR) is 88.4 cm³/mol. The summed E-state index contributed by atoms with van der Waals surface area (Å²) in [4.78, 5) is 4.58. The number of benzene rings is 2. The maximum Gasteiger partial charge on any atom is 0.203 e. The first-order valence-corrected chi connectivity index (χ1v) is 7.23. The molecule has 0 aliphatic carbocycles. The maximum absolute atomic E-state index is 5.39. The molecule has 1 aliphatic rings. The average molecular weight is 313 g/mol. The van der Waals surface area contributed by atoms with Gasteiger partial charge in [-0.2, -0.15) is 0 Å². The average Bonchev–Trinajstić information content (AvgIpc) is 3.41. The minimum Gasteiger partial charge on any atom is -0.497 e. The third-order valence-electron chi connectivity index (χ3n) is 3.85. The van der Waals surface area contributed by atoms with Crippen LogP contribution in [0, 0.1) is 0 Å². The molecule has 0 bridgehead atoms. The van der Waals surface area contributed by atoms with Crippen molar-refractivity contribution in [3.63, 3.8) is 0 Å². The van der Waals surface area contributed by atoms with Crippen molar-refractivity contribution >= 4 is 5.71 Å². The van der Waals surface area contributed by atoms with Crippen molar-refractivity contribution in [3.8, 4) is 23.0 Å². The molecule has 120 valence electrons. The van der Waals surface area contributed by atoms with Gasteiger partial charge >= 0.3 is 0 Å². The van der Waals surface area contributed by atoms with Crippen molar-refractivity contribution in [3.05, 3.63) is 47.5 Å². The van der Waals surface area contributed by atoms with Gasteiger partial charge in [0.15, 0.2) is 11.5 Å². The van der Waals surface area contributed by atoms with Crippen LogP contribution in [0.25, 0.3) is 0 Å². The molecule has 0 fully saturated rings. The SMILES string of the molecule is COc1ccc(C2N=C2c2cc(OC)c(OC)c(OC)c2)cc1. The summed E-state index contributed by atoms with van der Waals surface area (Å²) in [7, 11) is 6.46. The summed E-state index contributed by atoms with van der Waals surface area (Å²) in [6.45, 7) is 0. The van der Waals surface area contributed by atoms with Crippen LogP contribution < -0.4 is 18.9 Å². The zero-order valence-electron chi connectivity index (χ0n) is 13.6. The fourth-order valence-electron chi connectivity index (χ4n) is 2.58. The second-order valence-corrected chi connectivity index (χ2v) is 5.10. The molecular weight excluding hydrogens is 294 g/mol. The molecule has 0 saturated heterocycles. The summed E-state index contributed by atoms with van der Waals surface area (Å²) in [6.07, 6.45) is 0. The monoisotopic (exact) mass is 313 g/mol. The summed E-state index contributed by atoms with van der Waals surface area (Å²) < 4.78 is 21.3. The Hall–Kier alpha value is -2.69. The van der Waals surface area contributed by atoms with Crippen LogP contribution in [0.5, 0.6) is 23.0 Å². The summed E-state index contributed by atoms with van der Waals surface area (Å²) in [5, 5.41) is 0. The van der Waals surface area contributed by atoms with Crippen LogP contribution in [-0.2, 0) is 0 Å². The third kappa shape index (κ3) is 2.82. The fourth-order valence-corrected chi connectivity index (χ4v) is 2.58. The Morgan fingerprint density at radius 2 is 1.39 bits per heavy atom. The summed E-state index contributed by atoms with van der Waals surface area (Å²) in [6, 6.07) is 11.8. The molecular formula is C18H19NO4. The highest BCUT2D eigenvalue weighted by molar-refractivity contribution is 6.14. The molecule has 3 rings (SSSR count). The molecule has 1 unspecified atom stereocenters. The Morgan fingerprint density at radius 3 is 1.87 bits per heavy atom. The highest BCUT2D eigenvalue weighted by Crippen LogP contribution is 2.43. The molecule has 1 aliphatic heterocycles. The van der Waals surface area contributed by atoms with Crippen molar-refractivity contribution in [2.24, 2.45) is 4.99 Å². The van der Waals surface area contributed by atoms with Crippen molar-refractivity contribution in [1.29, 1.82) is 0 Å². The van der Waals surface area contributed by atoms with Gasteiger partial charge in [0.05, 0.1) is 34.2 Å². The van der Waals surface area contributed by atoms with Crippen molar-refractivity contribution < 1.29 is 18.9 Å². The van der Waals surface area contributed by atoms with Crippen LogP contribution in [0.1, 0.15) is 17.2 Å². The number of rotatable bonds is 6. The Bertz CT molecular complexity index is 712. The van der Waals surface area contributed by atoms with Crippen molar-refractivity contribution in [2.75, 3.05) is 28.4 Å². The lowest BCUT2D eigenvalue weighted by Crippen LogP contribution is -1.99. The van der Waals surface area contributed by atoms with Gasteiger partial charge in [-0.05, 0) is 29.8 Å². The van der Waals surface area contributed by atoms with E-state index in [1.54, 1.807) is 28.4 Å². The maximum atomic E-state index is 5.39. The first-order valence-electron chi connectivity index (χ1n) is 7.23. The van der Waals surface area contributed by atoms with Crippen LogP contribution in [0.3, 0.4) is 0 Å². The molecule has 0 aromatic heterocycles. The Labute approximate surface area is 135 Å². The van der Waals surface area contributed by atoms with Gasteiger partial charge in [0, 0.05) is 5.56 Å². The largest absolute Gasteiger partial charge is 0.497 e. The number of nitrogens with zero attached hydrogens (tertiary/aromatic N) is 1. The molecule has 0 amide bonds. The normalized spacial score (nSPS) is 15.7. The van der Waals surface area contributed by atoms with Gasteiger partial charge in [-0.25, -0.2) is 0 Å². The quantitative estimate of drug-likeness (QED) is 0.821. The predicted octanol–water partition coefficient (Wildman–Crippen LogP) is 3.27. The smallest absolute Gasteiger partial charge is 0.203 e. The van der Waals surface area contributed by atoms with Gasteiger partial charge in [0.1, 0.15) is 11.8 Å². The van der Waals surface area contributed by atoms with Crippen molar-refractivity contribution in [1.82, 2.24) is 0 Å². The molecule has 2 aromatic rings. The Balaban J connectivity index is 1.87. The fraction of sp³-hybridized carbons (Fsp3) is 0.278. The van der Waals surface area contributed by atoms with Crippen LogP contribution in [-0.4, -0.2) is 34.2 Å². The molecule has 5 nitrogen and oxygen atoms in total. The first kappa shape index (κ1) is 15.2. The van der Waals surface area contributed by atoms with E-state index in [4.69, 9.17) is 18.9 Å². The molecule has 23 heavy (non-hydrogen) atoms. The lowest BCUT2D eigenvalue weighted by atomic mass is 10.0. The second kappa shape index (κ2) is 6.20. The lowest BCUT2D eigenvalue weighted by Gasteiger charge is -2.13. The van der Waals surface area contributed by atoms with Gasteiger partial charge in [0.25, 0.3) is 0 Å². The van der Waals surface area contributed by atoms with Crippen LogP contribution in [0.15, 0.2) is 41.4 Å². The zero-order chi connectivity index (χ0) is 16.4. The number of hydrogen-bond donors (Lipinski definition) is 0. The van der Waals surface area contributed by atoms with E-state index < -0.39 is 0 Å². The first-order chi connectivity index (χ1) is 11.2. The van der Waals surface area contributed by atoms with Gasteiger partial charge in [-0.3, -0.25) is 4.99 Å². The van der Waals surface area contributed by atoms with E-state index in [0.717, 1.165) is 22.6 Å². The zero-order valence-corrected chi connectivity index (χ0v) is 13.6. The highest BCUT2D eigenvalue weighted by Gasteiger charge is 2.32. The number of ether oxygens (including phenoxy) is 4. The molecule has 2 aromatic carbocycles. The minimum absolute atomic E-state index is 0.0729. The van der Waals surface area contributed by atoms with Crippen LogP contribution >= 0.6 is 0 Å². The highest BCUT2D eigenvalue weighted by atomic mass is 16.5.